The lowest BCUT2D eigenvalue weighted by Gasteiger charge is -2.03. The van der Waals surface area contributed by atoms with Gasteiger partial charge in [-0.05, 0) is 29.8 Å². The summed E-state index contributed by atoms with van der Waals surface area (Å²) in [6.45, 7) is 0. The monoisotopic (exact) mass is 248 g/mol. The van der Waals surface area contributed by atoms with Crippen molar-refractivity contribution in [2.75, 3.05) is 0 Å². The van der Waals surface area contributed by atoms with Crippen LogP contribution in [0.4, 0.5) is 0 Å². The van der Waals surface area contributed by atoms with Crippen molar-refractivity contribution in [3.63, 3.8) is 0 Å². The molecule has 1 N–H and O–H groups in total. The summed E-state index contributed by atoms with van der Waals surface area (Å²) in [7, 11) is 0. The lowest BCUT2D eigenvalue weighted by molar-refractivity contribution is 1.20. The van der Waals surface area contributed by atoms with Crippen LogP contribution in [0, 0.1) is 0 Å². The first-order valence-corrected chi connectivity index (χ1v) is 6.05. The Bertz CT molecular complexity index is 733. The third kappa shape index (κ3) is 2.31. The Balaban J connectivity index is 2.07. The topological polar surface area (TPSA) is 45.8 Å². The molecule has 2 heterocycles. The van der Waals surface area contributed by atoms with Gasteiger partial charge in [-0.2, -0.15) is 0 Å². The van der Waals surface area contributed by atoms with Crippen molar-refractivity contribution in [3.8, 4) is 22.5 Å². The van der Waals surface area contributed by atoms with E-state index >= 15 is 0 Å². The van der Waals surface area contributed by atoms with E-state index in [1.165, 1.54) is 0 Å². The molecule has 3 aromatic rings. The zero-order valence-corrected chi connectivity index (χ0v) is 10.2. The third-order valence-corrected chi connectivity index (χ3v) is 2.94. The highest BCUT2D eigenvalue weighted by Crippen LogP contribution is 2.17. The van der Waals surface area contributed by atoms with Crippen LogP contribution >= 0.6 is 0 Å². The number of H-pyrrole nitrogens is 1. The Labute approximate surface area is 110 Å². The van der Waals surface area contributed by atoms with Crippen LogP contribution in [0.5, 0.6) is 0 Å². The molecule has 3 rings (SSSR count). The van der Waals surface area contributed by atoms with Gasteiger partial charge < -0.3 is 4.98 Å². The number of aromatic nitrogens is 2. The number of nitrogens with one attached hydrogen (secondary N) is 1. The molecule has 3 heteroatoms. The van der Waals surface area contributed by atoms with Gasteiger partial charge in [0.1, 0.15) is 0 Å². The summed E-state index contributed by atoms with van der Waals surface area (Å²) >= 11 is 0. The van der Waals surface area contributed by atoms with Crippen molar-refractivity contribution >= 4 is 0 Å². The quantitative estimate of drug-likeness (QED) is 0.757. The molecule has 0 aliphatic rings. The number of rotatable bonds is 2. The standard InChI is InChI=1S/C16H12N2O/c19-16-13(12-6-2-1-3-7-12)9-10-15(18-16)14-8-4-5-11-17-14/h1-11H,(H,18,19). The third-order valence-electron chi connectivity index (χ3n) is 2.94. The Morgan fingerprint density at radius 3 is 2.32 bits per heavy atom. The Hall–Kier alpha value is -2.68. The number of hydrogen-bond acceptors (Lipinski definition) is 2. The highest BCUT2D eigenvalue weighted by molar-refractivity contribution is 5.65. The SMILES string of the molecule is O=c1[nH]c(-c2ccccn2)ccc1-c1ccccc1. The first-order chi connectivity index (χ1) is 9.34. The van der Waals surface area contributed by atoms with Crippen LogP contribution in [0.3, 0.4) is 0 Å². The fraction of sp³-hybridized carbons (Fsp3) is 0. The van der Waals surface area contributed by atoms with Gasteiger partial charge in [0.2, 0.25) is 0 Å². The minimum absolute atomic E-state index is 0.102. The Morgan fingerprint density at radius 1 is 0.842 bits per heavy atom. The molecule has 0 saturated heterocycles. The summed E-state index contributed by atoms with van der Waals surface area (Å²) in [4.78, 5) is 19.2. The van der Waals surface area contributed by atoms with Crippen molar-refractivity contribution in [3.05, 3.63) is 77.2 Å². The van der Waals surface area contributed by atoms with E-state index in [4.69, 9.17) is 0 Å². The molecule has 0 atom stereocenters. The maximum atomic E-state index is 12.1. The van der Waals surface area contributed by atoms with Gasteiger partial charge in [-0.1, -0.05) is 36.4 Å². The predicted molar refractivity (Wildman–Crippen MR) is 75.7 cm³/mol. The summed E-state index contributed by atoms with van der Waals surface area (Å²) < 4.78 is 0. The maximum Gasteiger partial charge on any atom is 0.256 e. The fourth-order valence-corrected chi connectivity index (χ4v) is 1.99. The molecule has 0 radical (unpaired) electrons. The largest absolute Gasteiger partial charge is 0.320 e. The molecule has 2 aromatic heterocycles. The van der Waals surface area contributed by atoms with Gasteiger partial charge >= 0.3 is 0 Å². The van der Waals surface area contributed by atoms with Crippen molar-refractivity contribution < 1.29 is 0 Å². The van der Waals surface area contributed by atoms with Gasteiger partial charge in [-0.25, -0.2) is 0 Å². The average Bonchev–Trinajstić information content (AvgIpc) is 2.49. The first kappa shape index (κ1) is 11.4. The van der Waals surface area contributed by atoms with Crippen molar-refractivity contribution in [1.82, 2.24) is 9.97 Å². The number of aromatic amines is 1. The summed E-state index contributed by atoms with van der Waals surface area (Å²) in [6.07, 6.45) is 1.71. The lowest BCUT2D eigenvalue weighted by Crippen LogP contribution is -2.09. The molecule has 0 aliphatic heterocycles. The van der Waals surface area contributed by atoms with Crippen LogP contribution in [0.15, 0.2) is 71.7 Å². The van der Waals surface area contributed by atoms with E-state index < -0.39 is 0 Å². The van der Waals surface area contributed by atoms with Crippen LogP contribution in [0.25, 0.3) is 22.5 Å². The van der Waals surface area contributed by atoms with E-state index in [9.17, 15) is 4.79 Å². The van der Waals surface area contributed by atoms with E-state index in [1.807, 2.05) is 60.7 Å². The molecule has 0 amide bonds. The van der Waals surface area contributed by atoms with E-state index in [0.717, 1.165) is 17.0 Å². The van der Waals surface area contributed by atoms with Crippen LogP contribution < -0.4 is 5.56 Å². The van der Waals surface area contributed by atoms with Crippen LogP contribution in [-0.4, -0.2) is 9.97 Å². The number of nitrogens with zero attached hydrogens (tertiary/aromatic N) is 1. The summed E-state index contributed by atoms with van der Waals surface area (Å²) in [5.74, 6) is 0. The van der Waals surface area contributed by atoms with E-state index in [-0.39, 0.29) is 5.56 Å². The molecule has 0 aliphatic carbocycles. The minimum Gasteiger partial charge on any atom is -0.320 e. The molecule has 0 saturated carbocycles. The van der Waals surface area contributed by atoms with Gasteiger partial charge in [-0.3, -0.25) is 9.78 Å². The molecular formula is C16H12N2O. The van der Waals surface area contributed by atoms with Crippen molar-refractivity contribution in [2.24, 2.45) is 0 Å². The Kier molecular flexibility index (Phi) is 2.94. The molecule has 19 heavy (non-hydrogen) atoms. The molecular weight excluding hydrogens is 236 g/mol. The smallest absolute Gasteiger partial charge is 0.256 e. The minimum atomic E-state index is -0.102. The highest BCUT2D eigenvalue weighted by atomic mass is 16.1. The van der Waals surface area contributed by atoms with Gasteiger partial charge in [0.15, 0.2) is 0 Å². The van der Waals surface area contributed by atoms with Crippen LogP contribution in [-0.2, 0) is 0 Å². The summed E-state index contributed by atoms with van der Waals surface area (Å²) in [6, 6.07) is 18.9. The first-order valence-electron chi connectivity index (χ1n) is 6.05. The zero-order chi connectivity index (χ0) is 13.1. The zero-order valence-electron chi connectivity index (χ0n) is 10.2. The number of benzene rings is 1. The summed E-state index contributed by atoms with van der Waals surface area (Å²) in [5, 5.41) is 0. The van der Waals surface area contributed by atoms with Crippen molar-refractivity contribution in [1.29, 1.82) is 0 Å². The second-order valence-electron chi connectivity index (χ2n) is 4.20. The molecule has 92 valence electrons. The van der Waals surface area contributed by atoms with Crippen LogP contribution in [0.2, 0.25) is 0 Å². The van der Waals surface area contributed by atoms with Gasteiger partial charge in [0, 0.05) is 11.8 Å². The number of hydrogen-bond donors (Lipinski definition) is 1. The maximum absolute atomic E-state index is 12.1. The van der Waals surface area contributed by atoms with Gasteiger partial charge in [0.05, 0.1) is 11.4 Å². The molecule has 0 spiro atoms. The second kappa shape index (κ2) is 4.90. The average molecular weight is 248 g/mol. The molecule has 1 aromatic carbocycles. The fourth-order valence-electron chi connectivity index (χ4n) is 1.99. The Morgan fingerprint density at radius 2 is 1.63 bits per heavy atom. The molecule has 0 bridgehead atoms. The molecule has 0 fully saturated rings. The predicted octanol–water partition coefficient (Wildman–Crippen LogP) is 3.10. The lowest BCUT2D eigenvalue weighted by atomic mass is 10.1. The normalized spacial score (nSPS) is 10.3. The van der Waals surface area contributed by atoms with E-state index in [1.54, 1.807) is 6.20 Å². The van der Waals surface area contributed by atoms with Crippen LogP contribution in [0.1, 0.15) is 0 Å². The number of pyridine rings is 2. The van der Waals surface area contributed by atoms with E-state index in [2.05, 4.69) is 9.97 Å². The van der Waals surface area contributed by atoms with Gasteiger partial charge in [0.25, 0.3) is 5.56 Å². The van der Waals surface area contributed by atoms with Crippen molar-refractivity contribution in [2.45, 2.75) is 0 Å². The van der Waals surface area contributed by atoms with Gasteiger partial charge in [-0.15, -0.1) is 0 Å². The summed E-state index contributed by atoms with van der Waals surface area (Å²) in [5.41, 5.74) is 2.97. The molecule has 3 nitrogen and oxygen atoms in total. The van der Waals surface area contributed by atoms with E-state index in [0.29, 0.717) is 5.56 Å². The second-order valence-corrected chi connectivity index (χ2v) is 4.20. The molecule has 0 unspecified atom stereocenters. The highest BCUT2D eigenvalue weighted by Gasteiger charge is 2.05.